The van der Waals surface area contributed by atoms with Crippen molar-refractivity contribution in [2.45, 2.75) is 57.9 Å². The van der Waals surface area contributed by atoms with Crippen molar-refractivity contribution >= 4 is 6.29 Å². The lowest BCUT2D eigenvalue weighted by atomic mass is 9.62. The van der Waals surface area contributed by atoms with Gasteiger partial charge in [-0.05, 0) is 52.5 Å². The largest absolute Gasteiger partial charge is 0.298 e. The Balaban J connectivity index is 2.15. The number of fused-ring (bicyclic) bond motifs is 1. The molecule has 0 bridgehead atoms. The minimum absolute atomic E-state index is 0.132. The highest BCUT2D eigenvalue weighted by molar-refractivity contribution is 5.78. The number of hydrogen-bond donors (Lipinski definition) is 0. The van der Waals surface area contributed by atoms with E-state index in [9.17, 15) is 4.79 Å². The first-order chi connectivity index (χ1) is 10.3. The van der Waals surface area contributed by atoms with Crippen LogP contribution in [0.2, 0.25) is 0 Å². The SMILES string of the molecule is CC1(C)CCC(C)(C)c2cc(Cn3cccn3)c(C=O)cc21. The Bertz CT molecular complexity index is 696. The Labute approximate surface area is 132 Å². The quantitative estimate of drug-likeness (QED) is 0.799. The third kappa shape index (κ3) is 2.49. The van der Waals surface area contributed by atoms with E-state index in [2.05, 4.69) is 44.9 Å². The van der Waals surface area contributed by atoms with E-state index in [0.717, 1.165) is 23.8 Å². The first-order valence-corrected chi connectivity index (χ1v) is 7.94. The predicted molar refractivity (Wildman–Crippen MR) is 88.4 cm³/mol. The van der Waals surface area contributed by atoms with E-state index in [4.69, 9.17) is 0 Å². The maximum Gasteiger partial charge on any atom is 0.150 e. The lowest BCUT2D eigenvalue weighted by molar-refractivity contribution is 0.112. The van der Waals surface area contributed by atoms with Crippen molar-refractivity contribution < 1.29 is 4.79 Å². The van der Waals surface area contributed by atoms with Crippen molar-refractivity contribution in [3.63, 3.8) is 0 Å². The van der Waals surface area contributed by atoms with Gasteiger partial charge >= 0.3 is 0 Å². The van der Waals surface area contributed by atoms with E-state index in [1.54, 1.807) is 6.20 Å². The normalized spacial score (nSPS) is 18.7. The van der Waals surface area contributed by atoms with Crippen LogP contribution in [0.1, 0.15) is 67.6 Å². The molecule has 1 aliphatic carbocycles. The molecule has 0 atom stereocenters. The summed E-state index contributed by atoms with van der Waals surface area (Å²) in [6.45, 7) is 9.81. The second kappa shape index (κ2) is 5.08. The third-order valence-electron chi connectivity index (χ3n) is 5.13. The Hall–Kier alpha value is -1.90. The number of carbonyl (C=O) groups is 1. The maximum atomic E-state index is 11.6. The smallest absolute Gasteiger partial charge is 0.150 e. The number of carbonyl (C=O) groups excluding carboxylic acids is 1. The molecule has 0 saturated carbocycles. The number of rotatable bonds is 3. The first kappa shape index (κ1) is 15.0. The Morgan fingerprint density at radius 3 is 2.32 bits per heavy atom. The van der Waals surface area contributed by atoms with E-state index in [-0.39, 0.29) is 10.8 Å². The number of hydrogen-bond acceptors (Lipinski definition) is 2. The van der Waals surface area contributed by atoms with Gasteiger partial charge in [0.25, 0.3) is 0 Å². The highest BCUT2D eigenvalue weighted by Crippen LogP contribution is 2.46. The van der Waals surface area contributed by atoms with Gasteiger partial charge in [-0.15, -0.1) is 0 Å². The van der Waals surface area contributed by atoms with Gasteiger partial charge in [-0.1, -0.05) is 33.8 Å². The van der Waals surface area contributed by atoms with Crippen LogP contribution < -0.4 is 0 Å². The van der Waals surface area contributed by atoms with Crippen LogP contribution in [-0.4, -0.2) is 16.1 Å². The summed E-state index contributed by atoms with van der Waals surface area (Å²) in [5, 5.41) is 4.26. The molecule has 1 heterocycles. The molecular formula is C19H24N2O. The molecule has 22 heavy (non-hydrogen) atoms. The van der Waals surface area contributed by atoms with E-state index in [0.29, 0.717) is 6.54 Å². The minimum atomic E-state index is 0.132. The zero-order valence-corrected chi connectivity index (χ0v) is 13.9. The average Bonchev–Trinajstić information content (AvgIpc) is 2.96. The molecular weight excluding hydrogens is 272 g/mol. The molecule has 0 unspecified atom stereocenters. The Morgan fingerprint density at radius 2 is 1.77 bits per heavy atom. The van der Waals surface area contributed by atoms with Crippen LogP contribution in [0, 0.1) is 0 Å². The zero-order chi connectivity index (χ0) is 16.0. The fourth-order valence-electron chi connectivity index (χ4n) is 3.49. The van der Waals surface area contributed by atoms with Crippen molar-refractivity contribution in [3.05, 3.63) is 52.8 Å². The fraction of sp³-hybridized carbons (Fsp3) is 0.474. The molecule has 116 valence electrons. The van der Waals surface area contributed by atoms with Crippen molar-refractivity contribution in [2.75, 3.05) is 0 Å². The summed E-state index contributed by atoms with van der Waals surface area (Å²) in [4.78, 5) is 11.6. The van der Waals surface area contributed by atoms with Gasteiger partial charge in [0, 0.05) is 18.0 Å². The second-order valence-electron chi connectivity index (χ2n) is 7.69. The predicted octanol–water partition coefficient (Wildman–Crippen LogP) is 4.09. The van der Waals surface area contributed by atoms with Gasteiger partial charge in [0.15, 0.2) is 0 Å². The van der Waals surface area contributed by atoms with Crippen LogP contribution in [0.4, 0.5) is 0 Å². The highest BCUT2D eigenvalue weighted by Gasteiger charge is 2.37. The van der Waals surface area contributed by atoms with Crippen LogP contribution in [0.15, 0.2) is 30.6 Å². The van der Waals surface area contributed by atoms with E-state index in [1.165, 1.54) is 17.5 Å². The number of benzene rings is 1. The van der Waals surface area contributed by atoms with E-state index in [1.807, 2.05) is 16.9 Å². The molecule has 0 fully saturated rings. The summed E-state index contributed by atoms with van der Waals surface area (Å²) in [6.07, 6.45) is 7.02. The Kier molecular flexibility index (Phi) is 3.47. The zero-order valence-electron chi connectivity index (χ0n) is 13.9. The fourth-order valence-corrected chi connectivity index (χ4v) is 3.49. The van der Waals surface area contributed by atoms with E-state index < -0.39 is 0 Å². The molecule has 3 heteroatoms. The summed E-state index contributed by atoms with van der Waals surface area (Å²) < 4.78 is 1.87. The molecule has 1 aromatic heterocycles. The summed E-state index contributed by atoms with van der Waals surface area (Å²) in [6, 6.07) is 6.26. The van der Waals surface area contributed by atoms with Crippen LogP contribution in [-0.2, 0) is 17.4 Å². The first-order valence-electron chi connectivity index (χ1n) is 7.94. The van der Waals surface area contributed by atoms with Gasteiger partial charge in [-0.25, -0.2) is 0 Å². The molecule has 0 radical (unpaired) electrons. The molecule has 0 aliphatic heterocycles. The standard InChI is InChI=1S/C19H24N2O/c1-18(2)6-7-19(3,4)17-11-15(13-22)14(10-16(17)18)12-21-9-5-8-20-21/h5,8-11,13H,6-7,12H2,1-4H3. The number of nitrogens with zero attached hydrogens (tertiary/aromatic N) is 2. The van der Waals surface area contributed by atoms with E-state index >= 15 is 0 Å². The van der Waals surface area contributed by atoms with Gasteiger partial charge in [0.2, 0.25) is 0 Å². The highest BCUT2D eigenvalue weighted by atomic mass is 16.1. The summed E-state index contributed by atoms with van der Waals surface area (Å²) in [5.41, 5.74) is 4.85. The lowest BCUT2D eigenvalue weighted by Gasteiger charge is -2.42. The molecule has 0 saturated heterocycles. The summed E-state index contributed by atoms with van der Waals surface area (Å²) >= 11 is 0. The molecule has 1 aliphatic rings. The minimum Gasteiger partial charge on any atom is -0.298 e. The van der Waals surface area contributed by atoms with Crippen molar-refractivity contribution in [3.8, 4) is 0 Å². The van der Waals surface area contributed by atoms with Gasteiger partial charge < -0.3 is 0 Å². The third-order valence-corrected chi connectivity index (χ3v) is 5.13. The van der Waals surface area contributed by atoms with Crippen molar-refractivity contribution in [1.82, 2.24) is 9.78 Å². The van der Waals surface area contributed by atoms with Crippen LogP contribution in [0.5, 0.6) is 0 Å². The average molecular weight is 296 g/mol. The lowest BCUT2D eigenvalue weighted by Crippen LogP contribution is -2.34. The van der Waals surface area contributed by atoms with Crippen molar-refractivity contribution in [1.29, 1.82) is 0 Å². The summed E-state index contributed by atoms with van der Waals surface area (Å²) in [5.74, 6) is 0. The van der Waals surface area contributed by atoms with Crippen LogP contribution >= 0.6 is 0 Å². The Morgan fingerprint density at radius 1 is 1.14 bits per heavy atom. The van der Waals surface area contributed by atoms with Gasteiger partial charge in [0.05, 0.1) is 6.54 Å². The molecule has 1 aromatic carbocycles. The van der Waals surface area contributed by atoms with Crippen LogP contribution in [0.3, 0.4) is 0 Å². The monoisotopic (exact) mass is 296 g/mol. The molecule has 3 nitrogen and oxygen atoms in total. The van der Waals surface area contributed by atoms with Gasteiger partial charge in [0.1, 0.15) is 6.29 Å². The maximum absolute atomic E-state index is 11.6. The van der Waals surface area contributed by atoms with Gasteiger partial charge in [-0.3, -0.25) is 9.48 Å². The molecule has 0 amide bonds. The van der Waals surface area contributed by atoms with Gasteiger partial charge in [-0.2, -0.15) is 5.10 Å². The molecule has 0 spiro atoms. The topological polar surface area (TPSA) is 34.9 Å². The van der Waals surface area contributed by atoms with Crippen LogP contribution in [0.25, 0.3) is 0 Å². The second-order valence-corrected chi connectivity index (χ2v) is 7.69. The molecule has 3 rings (SSSR count). The van der Waals surface area contributed by atoms with Crippen molar-refractivity contribution in [2.24, 2.45) is 0 Å². The number of aldehydes is 1. The number of aromatic nitrogens is 2. The molecule has 0 N–H and O–H groups in total. The molecule has 2 aromatic rings. The summed E-state index contributed by atoms with van der Waals surface area (Å²) in [7, 11) is 0.